The van der Waals surface area contributed by atoms with Gasteiger partial charge in [0.2, 0.25) is 0 Å². The van der Waals surface area contributed by atoms with E-state index in [0.717, 1.165) is 21.7 Å². The fourth-order valence-electron chi connectivity index (χ4n) is 4.71. The summed E-state index contributed by atoms with van der Waals surface area (Å²) in [6.07, 6.45) is 1.05. The molecule has 0 spiro atoms. The molecular weight excluding hydrogens is 414 g/mol. The third-order valence-corrected chi connectivity index (χ3v) is 7.30. The van der Waals surface area contributed by atoms with Crippen LogP contribution in [0.25, 0.3) is 0 Å². The van der Waals surface area contributed by atoms with Crippen molar-refractivity contribution in [1.29, 1.82) is 0 Å². The van der Waals surface area contributed by atoms with Crippen LogP contribution >= 0.6 is 11.3 Å². The summed E-state index contributed by atoms with van der Waals surface area (Å²) in [6.45, 7) is 2.02. The van der Waals surface area contributed by atoms with Crippen molar-refractivity contribution in [2.45, 2.75) is 31.6 Å². The monoisotopic (exact) mass is 437 g/mol. The molecule has 0 unspecified atom stereocenters. The van der Waals surface area contributed by atoms with Gasteiger partial charge in [-0.1, -0.05) is 6.07 Å². The van der Waals surface area contributed by atoms with E-state index in [0.29, 0.717) is 41.3 Å². The van der Waals surface area contributed by atoms with E-state index >= 15 is 0 Å². The van der Waals surface area contributed by atoms with Gasteiger partial charge in [-0.3, -0.25) is 19.8 Å². The fourth-order valence-corrected chi connectivity index (χ4v) is 5.75. The summed E-state index contributed by atoms with van der Waals surface area (Å²) in [5.41, 5.74) is 4.09. The summed E-state index contributed by atoms with van der Waals surface area (Å²) in [4.78, 5) is 27.1. The van der Waals surface area contributed by atoms with Gasteiger partial charge in [0.25, 0.3) is 5.56 Å². The number of carbonyl (C=O) groups is 1. The Morgan fingerprint density at radius 3 is 2.55 bits per heavy atom. The average molecular weight is 438 g/mol. The second-order valence-corrected chi connectivity index (χ2v) is 8.88. The van der Waals surface area contributed by atoms with E-state index in [2.05, 4.69) is 15.5 Å². The van der Waals surface area contributed by atoms with E-state index in [1.807, 2.05) is 36.6 Å². The van der Waals surface area contributed by atoms with Crippen molar-refractivity contribution >= 4 is 22.9 Å². The highest BCUT2D eigenvalue weighted by atomic mass is 32.1. The van der Waals surface area contributed by atoms with E-state index in [-0.39, 0.29) is 23.2 Å². The van der Waals surface area contributed by atoms with Gasteiger partial charge < -0.3 is 14.8 Å². The van der Waals surface area contributed by atoms with Crippen molar-refractivity contribution in [2.75, 3.05) is 19.5 Å². The molecule has 3 heterocycles. The number of hydrogen-bond donors (Lipinski definition) is 3. The van der Waals surface area contributed by atoms with Gasteiger partial charge in [0.1, 0.15) is 5.82 Å². The van der Waals surface area contributed by atoms with E-state index in [1.54, 1.807) is 25.6 Å². The maximum Gasteiger partial charge on any atom is 0.270 e. The summed E-state index contributed by atoms with van der Waals surface area (Å²) < 4.78 is 10.8. The number of allylic oxidation sites excluding steroid dienone is 2. The number of fused-ring (bicyclic) bond motifs is 1. The second-order valence-electron chi connectivity index (χ2n) is 7.93. The molecule has 1 aromatic carbocycles. The molecule has 0 amide bonds. The number of aryl methyl sites for hydroxylation is 1. The summed E-state index contributed by atoms with van der Waals surface area (Å²) in [6, 6.07) is 7.83. The summed E-state index contributed by atoms with van der Waals surface area (Å²) in [5, 5.41) is 11.0. The van der Waals surface area contributed by atoms with Gasteiger partial charge in [-0.2, -0.15) is 0 Å². The highest BCUT2D eigenvalue weighted by Crippen LogP contribution is 2.48. The van der Waals surface area contributed by atoms with E-state index in [9.17, 15) is 9.59 Å². The molecule has 1 aliphatic heterocycles. The Labute approximate surface area is 183 Å². The highest BCUT2D eigenvalue weighted by Gasteiger charge is 2.41. The molecule has 0 saturated heterocycles. The minimum Gasteiger partial charge on any atom is -0.493 e. The lowest BCUT2D eigenvalue weighted by Crippen LogP contribution is -2.31. The largest absolute Gasteiger partial charge is 0.493 e. The molecule has 7 nitrogen and oxygen atoms in total. The molecule has 2 atom stereocenters. The van der Waals surface area contributed by atoms with Crippen molar-refractivity contribution in [2.24, 2.45) is 0 Å². The Morgan fingerprint density at radius 2 is 1.84 bits per heavy atom. The summed E-state index contributed by atoms with van der Waals surface area (Å²) in [5.74, 6) is 1.68. The van der Waals surface area contributed by atoms with Crippen LogP contribution in [0.4, 0.5) is 5.82 Å². The topological polar surface area (TPSA) is 96.2 Å². The Bertz CT molecular complexity index is 1270. The first-order valence-electron chi connectivity index (χ1n) is 10.1. The van der Waals surface area contributed by atoms with Crippen LogP contribution in [0.3, 0.4) is 0 Å². The molecule has 0 bridgehead atoms. The van der Waals surface area contributed by atoms with Crippen LogP contribution < -0.4 is 20.3 Å². The molecule has 3 aromatic rings. The molecule has 160 valence electrons. The molecule has 0 fully saturated rings. The van der Waals surface area contributed by atoms with Gasteiger partial charge in [0.15, 0.2) is 17.3 Å². The molecule has 3 N–H and O–H groups in total. The SMILES string of the molecule is COc1ccc([C@@H]2CC(=O)C3=C(C2)Nc2[nH][nH]c(=O)c2[C@H]3c2sccc2C)cc1OC. The summed E-state index contributed by atoms with van der Waals surface area (Å²) in [7, 11) is 3.21. The number of H-pyrrole nitrogens is 2. The number of ketones is 1. The number of benzene rings is 1. The van der Waals surface area contributed by atoms with Gasteiger partial charge >= 0.3 is 0 Å². The minimum atomic E-state index is -0.347. The molecule has 0 saturated carbocycles. The van der Waals surface area contributed by atoms with Crippen molar-refractivity contribution in [3.05, 3.63) is 72.8 Å². The zero-order valence-electron chi connectivity index (χ0n) is 17.5. The van der Waals surface area contributed by atoms with Gasteiger partial charge in [0.05, 0.1) is 25.7 Å². The lowest BCUT2D eigenvalue weighted by Gasteiger charge is -2.34. The zero-order chi connectivity index (χ0) is 21.7. The predicted molar refractivity (Wildman–Crippen MR) is 119 cm³/mol. The lowest BCUT2D eigenvalue weighted by molar-refractivity contribution is -0.116. The first kappa shape index (κ1) is 19.7. The number of methoxy groups -OCH3 is 2. The number of aromatic amines is 2. The molecular formula is C23H23N3O4S. The maximum absolute atomic E-state index is 13.5. The molecule has 0 radical (unpaired) electrons. The van der Waals surface area contributed by atoms with Gasteiger partial charge in [0, 0.05) is 22.6 Å². The van der Waals surface area contributed by atoms with Crippen molar-refractivity contribution in [1.82, 2.24) is 10.2 Å². The van der Waals surface area contributed by atoms with Crippen molar-refractivity contribution < 1.29 is 14.3 Å². The number of carbonyl (C=O) groups excluding carboxylic acids is 1. The Hall–Kier alpha value is -3.26. The number of thiophene rings is 1. The van der Waals surface area contributed by atoms with E-state index in [1.165, 1.54) is 0 Å². The van der Waals surface area contributed by atoms with E-state index in [4.69, 9.17) is 9.47 Å². The fraction of sp³-hybridized carbons (Fsp3) is 0.304. The molecule has 31 heavy (non-hydrogen) atoms. The van der Waals surface area contributed by atoms with Gasteiger partial charge in [-0.15, -0.1) is 11.3 Å². The number of Topliss-reactive ketones (excluding diaryl/α,β-unsaturated/α-hetero) is 1. The third kappa shape index (κ3) is 3.09. The van der Waals surface area contributed by atoms with Crippen LogP contribution in [-0.2, 0) is 4.79 Å². The van der Waals surface area contributed by atoms with Crippen LogP contribution in [0.1, 0.15) is 46.2 Å². The highest BCUT2D eigenvalue weighted by molar-refractivity contribution is 7.10. The van der Waals surface area contributed by atoms with Crippen LogP contribution in [0, 0.1) is 6.92 Å². The number of nitrogens with one attached hydrogen (secondary N) is 3. The van der Waals surface area contributed by atoms with Crippen LogP contribution in [0.2, 0.25) is 0 Å². The van der Waals surface area contributed by atoms with Crippen LogP contribution in [0.5, 0.6) is 11.5 Å². The molecule has 2 aromatic heterocycles. The normalized spacial score (nSPS) is 20.2. The average Bonchev–Trinajstić information content (AvgIpc) is 3.37. The number of aromatic nitrogens is 2. The standard InChI is InChI=1S/C23H23N3O4S/c1-11-6-7-31-21(11)19-18-14(24-22-20(19)23(28)26-25-22)8-13(9-15(18)27)12-4-5-16(29-2)17(10-12)30-3/h4-7,10,13,19H,8-9H2,1-3H3,(H3,24,25,26,28)/t13-,19-/m0/s1. The Balaban J connectivity index is 1.59. The Kier molecular flexibility index (Phi) is 4.74. The molecule has 1 aliphatic carbocycles. The first-order chi connectivity index (χ1) is 15.0. The summed E-state index contributed by atoms with van der Waals surface area (Å²) >= 11 is 1.58. The van der Waals surface area contributed by atoms with Crippen molar-refractivity contribution in [3.63, 3.8) is 0 Å². The third-order valence-electron chi connectivity index (χ3n) is 6.22. The quantitative estimate of drug-likeness (QED) is 0.572. The van der Waals surface area contributed by atoms with Crippen LogP contribution in [0.15, 0.2) is 45.7 Å². The lowest BCUT2D eigenvalue weighted by atomic mass is 9.74. The van der Waals surface area contributed by atoms with Gasteiger partial charge in [-0.05, 0) is 54.0 Å². The molecule has 8 heteroatoms. The van der Waals surface area contributed by atoms with Gasteiger partial charge in [-0.25, -0.2) is 0 Å². The number of rotatable bonds is 4. The number of hydrogen-bond acceptors (Lipinski definition) is 6. The maximum atomic E-state index is 13.5. The Morgan fingerprint density at radius 1 is 1.03 bits per heavy atom. The van der Waals surface area contributed by atoms with E-state index < -0.39 is 0 Å². The van der Waals surface area contributed by atoms with Crippen LogP contribution in [-0.4, -0.2) is 30.2 Å². The number of anilines is 1. The minimum absolute atomic E-state index is 0.0100. The number of ether oxygens (including phenoxy) is 2. The zero-order valence-corrected chi connectivity index (χ0v) is 18.3. The predicted octanol–water partition coefficient (Wildman–Crippen LogP) is 4.05. The smallest absolute Gasteiger partial charge is 0.270 e. The molecule has 5 rings (SSSR count). The molecule has 2 aliphatic rings. The van der Waals surface area contributed by atoms with Crippen molar-refractivity contribution in [3.8, 4) is 11.5 Å². The first-order valence-corrected chi connectivity index (χ1v) is 11.0. The second kappa shape index (κ2) is 7.46.